The molecule has 0 rings (SSSR count). The summed E-state index contributed by atoms with van der Waals surface area (Å²) in [6.45, 7) is 5.30. The fraction of sp³-hybridized carbons (Fsp3) is 0.857. The Morgan fingerprint density at radius 2 is 0.771 bits per heavy atom. The molecular weight excluding hydrogens is 618 g/mol. The summed E-state index contributed by atoms with van der Waals surface area (Å²) in [5.74, 6) is -0.495. The Morgan fingerprint density at radius 1 is 0.479 bits per heavy atom. The van der Waals surface area contributed by atoms with Gasteiger partial charge in [-0.1, -0.05) is 141 Å². The molecule has 0 aliphatic heterocycles. The van der Waals surface area contributed by atoms with Gasteiger partial charge < -0.3 is 26.4 Å². The lowest BCUT2D eigenvalue weighted by atomic mass is 10.1. The lowest BCUT2D eigenvalue weighted by molar-refractivity contribution is -0.871. The van der Waals surface area contributed by atoms with Crippen molar-refractivity contribution in [3.05, 3.63) is 24.3 Å². The molecule has 284 valence electrons. The molecule has 0 radical (unpaired) electrons. The largest absolute Gasteiger partial charge is 1.00 e. The minimum atomic E-state index is -0.779. The molecule has 5 nitrogen and oxygen atoms in total. The van der Waals surface area contributed by atoms with Crippen LogP contribution in [-0.2, 0) is 19.1 Å². The Labute approximate surface area is 305 Å². The molecule has 0 aliphatic carbocycles. The molecule has 0 amide bonds. The highest BCUT2D eigenvalue weighted by molar-refractivity contribution is 5.71. The number of halogens is 1. The van der Waals surface area contributed by atoms with Crippen molar-refractivity contribution in [1.82, 2.24) is 0 Å². The van der Waals surface area contributed by atoms with E-state index in [1.54, 1.807) is 0 Å². The summed E-state index contributed by atoms with van der Waals surface area (Å²) < 4.78 is 12.0. The average Bonchev–Trinajstić information content (AvgIpc) is 3.03. The molecule has 0 aromatic carbocycles. The molecule has 0 unspecified atom stereocenters. The van der Waals surface area contributed by atoms with Crippen LogP contribution in [0.15, 0.2) is 24.3 Å². The van der Waals surface area contributed by atoms with Crippen LogP contribution < -0.4 is 12.4 Å². The molecule has 0 saturated carbocycles. The zero-order chi connectivity index (χ0) is 34.7. The van der Waals surface area contributed by atoms with E-state index in [2.05, 4.69) is 59.3 Å². The number of unbranched alkanes of at least 4 members (excludes halogenated alkanes) is 22. The zero-order valence-electron chi connectivity index (χ0n) is 32.6. The summed E-state index contributed by atoms with van der Waals surface area (Å²) in [5, 5.41) is 0. The van der Waals surface area contributed by atoms with E-state index in [1.165, 1.54) is 116 Å². The Balaban J connectivity index is 0. The summed E-state index contributed by atoms with van der Waals surface area (Å²) in [6.07, 6.45) is 41.9. The Hall–Kier alpha value is -1.33. The molecule has 0 saturated heterocycles. The van der Waals surface area contributed by atoms with Crippen molar-refractivity contribution in [1.29, 1.82) is 0 Å². The summed E-state index contributed by atoms with van der Waals surface area (Å²) in [4.78, 5) is 25.1. The average molecular weight is 699 g/mol. The number of carbonyl (C=O) groups excluding carboxylic acids is 2. The Bertz CT molecular complexity index is 707. The smallest absolute Gasteiger partial charge is 0.308 e. The van der Waals surface area contributed by atoms with Gasteiger partial charge in [-0.25, -0.2) is 0 Å². The number of rotatable bonds is 35. The number of hydrogen-bond acceptors (Lipinski definition) is 4. The van der Waals surface area contributed by atoms with Gasteiger partial charge in [0, 0.05) is 12.8 Å². The standard InChI is InChI=1S/C42H80NO4.ClH/c1-6-8-10-12-14-16-18-20-22-24-26-28-30-32-34-36-40(44)46-42(38-39-43(3,4)5)47-41(45)37-35-33-31-29-27-25-23-21-19-17-15-13-11-9-7-2;/h20-23,42H,6-19,24-39H2,1-5H3;1H/q+1;/p-1/b22-20-,23-21-;. The molecule has 48 heavy (non-hydrogen) atoms. The van der Waals surface area contributed by atoms with Gasteiger partial charge in [-0.3, -0.25) is 9.59 Å². The van der Waals surface area contributed by atoms with Crippen molar-refractivity contribution in [2.45, 2.75) is 206 Å². The predicted octanol–water partition coefficient (Wildman–Crippen LogP) is 9.57. The maximum absolute atomic E-state index is 12.6. The minimum Gasteiger partial charge on any atom is -1.00 e. The van der Waals surface area contributed by atoms with Crippen molar-refractivity contribution in [2.75, 3.05) is 27.7 Å². The number of quaternary nitrogens is 1. The third-order valence-corrected chi connectivity index (χ3v) is 8.85. The van der Waals surface area contributed by atoms with Crippen LogP contribution in [0, 0.1) is 0 Å². The molecule has 0 atom stereocenters. The zero-order valence-corrected chi connectivity index (χ0v) is 33.3. The monoisotopic (exact) mass is 698 g/mol. The van der Waals surface area contributed by atoms with Crippen LogP contribution >= 0.6 is 0 Å². The van der Waals surface area contributed by atoms with Gasteiger partial charge in [0.2, 0.25) is 0 Å². The van der Waals surface area contributed by atoms with Gasteiger partial charge in [0.15, 0.2) is 0 Å². The molecule has 0 heterocycles. The van der Waals surface area contributed by atoms with Crippen LogP contribution in [0.3, 0.4) is 0 Å². The highest BCUT2D eigenvalue weighted by Crippen LogP contribution is 2.15. The maximum atomic E-state index is 12.6. The SMILES string of the molecule is CCCCCCCC/C=C\CCCCCCCC(=O)OC(CC[N+](C)(C)C)OC(=O)CCCCCCC/C=C\CCCCCCCC.[Cl-]. The van der Waals surface area contributed by atoms with Crippen molar-refractivity contribution in [2.24, 2.45) is 0 Å². The van der Waals surface area contributed by atoms with E-state index < -0.39 is 6.29 Å². The van der Waals surface area contributed by atoms with Gasteiger partial charge in [0.05, 0.1) is 34.1 Å². The van der Waals surface area contributed by atoms with E-state index in [0.717, 1.165) is 62.4 Å². The highest BCUT2D eigenvalue weighted by Gasteiger charge is 2.22. The van der Waals surface area contributed by atoms with Crippen LogP contribution in [0.5, 0.6) is 0 Å². The highest BCUT2D eigenvalue weighted by atomic mass is 35.5. The van der Waals surface area contributed by atoms with Crippen LogP contribution in [0.4, 0.5) is 0 Å². The van der Waals surface area contributed by atoms with Gasteiger partial charge in [0.25, 0.3) is 6.29 Å². The second kappa shape index (κ2) is 36.9. The molecule has 6 heteroatoms. The minimum absolute atomic E-state index is 0. The lowest BCUT2D eigenvalue weighted by Gasteiger charge is -2.26. The van der Waals surface area contributed by atoms with Gasteiger partial charge in [0.1, 0.15) is 0 Å². The number of hydrogen-bond donors (Lipinski definition) is 0. The lowest BCUT2D eigenvalue weighted by Crippen LogP contribution is -3.00. The van der Waals surface area contributed by atoms with Gasteiger partial charge in [-0.2, -0.15) is 0 Å². The summed E-state index contributed by atoms with van der Waals surface area (Å²) in [7, 11) is 6.28. The third kappa shape index (κ3) is 39.1. The van der Waals surface area contributed by atoms with Crippen LogP contribution in [0.25, 0.3) is 0 Å². The predicted molar refractivity (Wildman–Crippen MR) is 202 cm³/mol. The van der Waals surface area contributed by atoms with Crippen molar-refractivity contribution >= 4 is 11.9 Å². The first-order valence-electron chi connectivity index (χ1n) is 20.3. The molecule has 0 spiro atoms. The fourth-order valence-electron chi connectivity index (χ4n) is 5.73. The molecule has 0 aliphatic rings. The van der Waals surface area contributed by atoms with Crippen LogP contribution in [0.1, 0.15) is 200 Å². The fourth-order valence-corrected chi connectivity index (χ4v) is 5.73. The molecular formula is C42H80ClNO4. The van der Waals surface area contributed by atoms with E-state index in [-0.39, 0.29) is 24.3 Å². The quantitative estimate of drug-likeness (QED) is 0.0218. The van der Waals surface area contributed by atoms with Crippen molar-refractivity contribution in [3.63, 3.8) is 0 Å². The Morgan fingerprint density at radius 3 is 1.08 bits per heavy atom. The van der Waals surface area contributed by atoms with Gasteiger partial charge >= 0.3 is 11.9 Å². The van der Waals surface area contributed by atoms with Crippen LogP contribution in [0.2, 0.25) is 0 Å². The summed E-state index contributed by atoms with van der Waals surface area (Å²) in [5.41, 5.74) is 0. The first-order chi connectivity index (χ1) is 22.8. The summed E-state index contributed by atoms with van der Waals surface area (Å²) >= 11 is 0. The molecule has 0 fully saturated rings. The number of carbonyl (C=O) groups is 2. The normalized spacial score (nSPS) is 11.9. The Kier molecular flexibility index (Phi) is 37.5. The first kappa shape index (κ1) is 48.8. The van der Waals surface area contributed by atoms with E-state index in [0.29, 0.717) is 19.3 Å². The van der Waals surface area contributed by atoms with Gasteiger partial charge in [-0.15, -0.1) is 0 Å². The van der Waals surface area contributed by atoms with Crippen LogP contribution in [-0.4, -0.2) is 50.4 Å². The summed E-state index contributed by atoms with van der Waals surface area (Å²) in [6, 6.07) is 0. The van der Waals surface area contributed by atoms with E-state index in [9.17, 15) is 9.59 Å². The van der Waals surface area contributed by atoms with E-state index in [1.807, 2.05) is 0 Å². The first-order valence-corrected chi connectivity index (χ1v) is 20.3. The number of ether oxygens (including phenoxy) is 2. The van der Waals surface area contributed by atoms with E-state index >= 15 is 0 Å². The topological polar surface area (TPSA) is 52.6 Å². The molecule has 0 N–H and O–H groups in total. The molecule has 0 aromatic heterocycles. The number of allylic oxidation sites excluding steroid dienone is 4. The number of esters is 2. The number of nitrogens with zero attached hydrogens (tertiary/aromatic N) is 1. The van der Waals surface area contributed by atoms with Crippen molar-refractivity contribution < 1.29 is 36.0 Å². The van der Waals surface area contributed by atoms with Gasteiger partial charge in [-0.05, 0) is 64.2 Å². The maximum Gasteiger partial charge on any atom is 0.308 e. The molecule has 0 bridgehead atoms. The second-order valence-corrected chi connectivity index (χ2v) is 14.9. The van der Waals surface area contributed by atoms with E-state index in [4.69, 9.17) is 9.47 Å². The third-order valence-electron chi connectivity index (χ3n) is 8.85. The molecule has 0 aromatic rings. The van der Waals surface area contributed by atoms with Crippen molar-refractivity contribution in [3.8, 4) is 0 Å². The second-order valence-electron chi connectivity index (χ2n) is 14.9.